The first-order valence-electron chi connectivity index (χ1n) is 13.2. The summed E-state index contributed by atoms with van der Waals surface area (Å²) in [4.78, 5) is 34.0. The lowest BCUT2D eigenvalue weighted by atomic mass is 10.0. The fourth-order valence-electron chi connectivity index (χ4n) is 5.58. The highest BCUT2D eigenvalue weighted by molar-refractivity contribution is 6.02. The van der Waals surface area contributed by atoms with Gasteiger partial charge in [-0.25, -0.2) is 9.07 Å². The first-order chi connectivity index (χ1) is 19.6. The average molecular weight is 564 g/mol. The summed E-state index contributed by atoms with van der Waals surface area (Å²) in [6.07, 6.45) is -0.329. The number of aromatic nitrogens is 3. The molecule has 7 nitrogen and oxygen atoms in total. The van der Waals surface area contributed by atoms with Gasteiger partial charge < -0.3 is 9.80 Å². The van der Waals surface area contributed by atoms with Gasteiger partial charge in [0.2, 0.25) is 5.91 Å². The lowest BCUT2D eigenvalue weighted by Gasteiger charge is -2.36. The predicted octanol–water partition coefficient (Wildman–Crippen LogP) is 5.59. The molecule has 1 fully saturated rings. The Morgan fingerprint density at radius 1 is 1.02 bits per heavy atom. The summed E-state index contributed by atoms with van der Waals surface area (Å²) in [5.74, 6) is -1.73. The topological polar surface area (TPSA) is 71.3 Å². The number of alkyl halides is 3. The second-order valence-corrected chi connectivity index (χ2v) is 10.3. The lowest BCUT2D eigenvalue weighted by molar-refractivity contribution is -0.140. The van der Waals surface area contributed by atoms with Crippen molar-refractivity contribution < 1.29 is 27.2 Å². The summed E-state index contributed by atoms with van der Waals surface area (Å²) >= 11 is 0. The molecule has 0 bridgehead atoms. The minimum atomic E-state index is -4.90. The summed E-state index contributed by atoms with van der Waals surface area (Å²) in [7, 11) is 0. The second kappa shape index (κ2) is 10.1. The van der Waals surface area contributed by atoms with Crippen LogP contribution in [0.4, 0.5) is 23.2 Å². The highest BCUT2D eigenvalue weighted by atomic mass is 19.4. The highest BCUT2D eigenvalue weighted by Crippen LogP contribution is 2.36. The number of carbonyl (C=O) groups is 2. The Labute approximate surface area is 233 Å². The minimum Gasteiger partial charge on any atom is -0.337 e. The predicted molar refractivity (Wildman–Crippen MR) is 143 cm³/mol. The summed E-state index contributed by atoms with van der Waals surface area (Å²) in [6, 6.07) is 13.4. The Hall–Kier alpha value is -4.54. The van der Waals surface area contributed by atoms with E-state index in [2.05, 4.69) is 10.1 Å². The average Bonchev–Trinajstić information content (AvgIpc) is 3.54. The van der Waals surface area contributed by atoms with Crippen LogP contribution in [0.25, 0.3) is 16.9 Å². The molecule has 0 aliphatic carbocycles. The molecule has 2 aliphatic heterocycles. The first-order valence-corrected chi connectivity index (χ1v) is 13.2. The van der Waals surface area contributed by atoms with Gasteiger partial charge in [0.25, 0.3) is 5.91 Å². The second-order valence-electron chi connectivity index (χ2n) is 10.3. The molecule has 0 N–H and O–H groups in total. The van der Waals surface area contributed by atoms with Crippen molar-refractivity contribution in [3.8, 4) is 16.9 Å². The molecule has 0 unspecified atom stereocenters. The summed E-state index contributed by atoms with van der Waals surface area (Å²) < 4.78 is 55.6. The third kappa shape index (κ3) is 4.96. The Bertz CT molecular complexity index is 1640. The zero-order chi connectivity index (χ0) is 28.9. The smallest absolute Gasteiger partial charge is 0.337 e. The number of amides is 2. The van der Waals surface area contributed by atoms with Crippen molar-refractivity contribution in [2.24, 2.45) is 0 Å². The van der Waals surface area contributed by atoms with Crippen LogP contribution >= 0.6 is 0 Å². The van der Waals surface area contributed by atoms with Crippen LogP contribution in [0.15, 0.2) is 67.0 Å². The molecule has 41 heavy (non-hydrogen) atoms. The number of hydrogen-bond donors (Lipinski definition) is 0. The van der Waals surface area contributed by atoms with Gasteiger partial charge in [0, 0.05) is 42.8 Å². The molecule has 210 valence electrons. The molecule has 11 heteroatoms. The number of halogens is 4. The van der Waals surface area contributed by atoms with Crippen molar-refractivity contribution in [2.75, 3.05) is 18.0 Å². The van der Waals surface area contributed by atoms with Gasteiger partial charge in [-0.05, 0) is 73.4 Å². The number of hydrogen-bond acceptors (Lipinski definition) is 4. The number of carbonyl (C=O) groups excluding carboxylic acids is 2. The molecule has 0 radical (unpaired) electrons. The van der Waals surface area contributed by atoms with E-state index in [1.165, 1.54) is 23.0 Å². The van der Waals surface area contributed by atoms with E-state index in [1.807, 2.05) is 30.0 Å². The van der Waals surface area contributed by atoms with Crippen LogP contribution in [0, 0.1) is 12.7 Å². The molecular weight excluding hydrogens is 538 g/mol. The van der Waals surface area contributed by atoms with Crippen LogP contribution in [0.3, 0.4) is 0 Å². The van der Waals surface area contributed by atoms with Crippen molar-refractivity contribution in [3.63, 3.8) is 0 Å². The molecule has 0 spiro atoms. The van der Waals surface area contributed by atoms with Crippen LogP contribution in [0.2, 0.25) is 0 Å². The van der Waals surface area contributed by atoms with E-state index in [-0.39, 0.29) is 29.2 Å². The van der Waals surface area contributed by atoms with E-state index in [0.717, 1.165) is 22.9 Å². The molecule has 2 amide bonds. The number of anilines is 1. The molecule has 1 saturated heterocycles. The van der Waals surface area contributed by atoms with Gasteiger partial charge in [-0.15, -0.1) is 0 Å². The quantitative estimate of drug-likeness (QED) is 0.304. The van der Waals surface area contributed by atoms with Gasteiger partial charge in [0.05, 0.1) is 23.4 Å². The molecule has 4 aromatic rings. The van der Waals surface area contributed by atoms with E-state index in [1.54, 1.807) is 23.2 Å². The number of likely N-dealkylation sites (tertiary alicyclic amines) is 1. The highest BCUT2D eigenvalue weighted by Gasteiger charge is 2.37. The fraction of sp³-hybridized carbons (Fsp3) is 0.267. The number of pyridine rings is 1. The number of nitrogens with zero attached hydrogens (tertiary/aromatic N) is 5. The van der Waals surface area contributed by atoms with E-state index in [9.17, 15) is 27.2 Å². The van der Waals surface area contributed by atoms with Crippen molar-refractivity contribution in [3.05, 3.63) is 95.2 Å². The molecule has 0 saturated carbocycles. The number of benzene rings is 2. The standard InChI is InChI=1S/C30H25F4N5O2/c1-18-4-5-19-14-28(40)38(26(19)13-18)21-8-11-37(12-9-21)29(41)25-16-27(20-3-2-10-35-17-20)39(36-25)22-6-7-24(31)23(15-22)30(32,33)34/h2-7,10,13,15-17,21H,8-9,11-12,14H2,1H3. The molecule has 6 rings (SSSR count). The van der Waals surface area contributed by atoms with Gasteiger partial charge in [0.15, 0.2) is 5.69 Å². The molecular formula is C30H25F4N5O2. The third-order valence-corrected chi connectivity index (χ3v) is 7.61. The lowest BCUT2D eigenvalue weighted by Crippen LogP contribution is -2.48. The Morgan fingerprint density at radius 3 is 2.51 bits per heavy atom. The van der Waals surface area contributed by atoms with Crippen molar-refractivity contribution >= 4 is 17.5 Å². The first kappa shape index (κ1) is 26.7. The maximum absolute atomic E-state index is 14.0. The molecule has 2 aliphatic rings. The molecule has 2 aromatic heterocycles. The Morgan fingerprint density at radius 2 is 1.80 bits per heavy atom. The Kier molecular flexibility index (Phi) is 6.59. The van der Waals surface area contributed by atoms with Crippen molar-refractivity contribution in [1.82, 2.24) is 19.7 Å². The maximum atomic E-state index is 14.0. The van der Waals surface area contributed by atoms with Crippen LogP contribution in [-0.2, 0) is 17.4 Å². The molecule has 4 heterocycles. The van der Waals surface area contributed by atoms with E-state index >= 15 is 0 Å². The van der Waals surface area contributed by atoms with Gasteiger partial charge >= 0.3 is 6.18 Å². The van der Waals surface area contributed by atoms with Crippen LogP contribution in [-0.4, -0.2) is 50.6 Å². The van der Waals surface area contributed by atoms with Crippen molar-refractivity contribution in [1.29, 1.82) is 0 Å². The van der Waals surface area contributed by atoms with Gasteiger partial charge in [-0.3, -0.25) is 14.6 Å². The third-order valence-electron chi connectivity index (χ3n) is 7.61. The van der Waals surface area contributed by atoms with E-state index in [0.29, 0.717) is 49.7 Å². The molecule has 0 atom stereocenters. The number of fused-ring (bicyclic) bond motifs is 1. The summed E-state index contributed by atoms with van der Waals surface area (Å²) in [6.45, 7) is 2.76. The largest absolute Gasteiger partial charge is 0.419 e. The maximum Gasteiger partial charge on any atom is 0.419 e. The fourth-order valence-corrected chi connectivity index (χ4v) is 5.58. The summed E-state index contributed by atoms with van der Waals surface area (Å²) in [5.41, 5.74) is 2.43. The number of aryl methyl sites for hydroxylation is 1. The number of rotatable bonds is 4. The zero-order valence-electron chi connectivity index (χ0n) is 22.0. The monoisotopic (exact) mass is 563 g/mol. The van der Waals surface area contributed by atoms with Crippen LogP contribution < -0.4 is 4.90 Å². The SMILES string of the molecule is Cc1ccc2c(c1)N(C1CCN(C(=O)c3cc(-c4cccnc4)n(-c4ccc(F)c(C(F)(F)F)c4)n3)CC1)C(=O)C2. The van der Waals surface area contributed by atoms with Gasteiger partial charge in [0.1, 0.15) is 5.82 Å². The number of piperidine rings is 1. The van der Waals surface area contributed by atoms with Crippen LogP contribution in [0.1, 0.15) is 40.0 Å². The zero-order valence-corrected chi connectivity index (χ0v) is 22.0. The normalized spacial score (nSPS) is 15.9. The van der Waals surface area contributed by atoms with E-state index < -0.39 is 17.6 Å². The molecule has 2 aromatic carbocycles. The van der Waals surface area contributed by atoms with Gasteiger partial charge in [-0.1, -0.05) is 12.1 Å². The Balaban J connectivity index is 1.27. The van der Waals surface area contributed by atoms with Gasteiger partial charge in [-0.2, -0.15) is 18.3 Å². The van der Waals surface area contributed by atoms with Crippen molar-refractivity contribution in [2.45, 2.75) is 38.4 Å². The minimum absolute atomic E-state index is 0.0402. The van der Waals surface area contributed by atoms with Crippen LogP contribution in [0.5, 0.6) is 0 Å². The van der Waals surface area contributed by atoms with E-state index in [4.69, 9.17) is 0 Å². The summed E-state index contributed by atoms with van der Waals surface area (Å²) in [5, 5.41) is 4.38.